The van der Waals surface area contributed by atoms with E-state index in [0.717, 1.165) is 35.1 Å². The highest BCUT2D eigenvalue weighted by molar-refractivity contribution is 14.1. The summed E-state index contributed by atoms with van der Waals surface area (Å²) >= 11 is 7.30. The summed E-state index contributed by atoms with van der Waals surface area (Å²) in [6.07, 6.45) is 11.1. The van der Waals surface area contributed by atoms with E-state index < -0.39 is 11.1 Å². The van der Waals surface area contributed by atoms with Crippen LogP contribution < -0.4 is 0 Å². The molecule has 0 aliphatic heterocycles. The third kappa shape index (κ3) is 7.51. The number of hydrogen-bond acceptors (Lipinski definition) is 11. The Morgan fingerprint density at radius 2 is 1.35 bits per heavy atom. The molecule has 0 radical (unpaired) electrons. The smallest absolute Gasteiger partial charge is 0.333 e. The third-order valence-electron chi connectivity index (χ3n) is 5.79. The van der Waals surface area contributed by atoms with E-state index >= 15 is 0 Å². The van der Waals surface area contributed by atoms with Crippen molar-refractivity contribution >= 4 is 74.7 Å². The number of ether oxygens (including phenoxy) is 1. The van der Waals surface area contributed by atoms with Crippen molar-refractivity contribution in [2.75, 3.05) is 26.2 Å². The first kappa shape index (κ1) is 32.7. The molecule has 0 bridgehead atoms. The second-order valence-corrected chi connectivity index (χ2v) is 13.0. The summed E-state index contributed by atoms with van der Waals surface area (Å²) in [6, 6.07) is 3.70. The molecule has 0 atom stereocenters. The van der Waals surface area contributed by atoms with Gasteiger partial charge < -0.3 is 9.84 Å². The zero-order chi connectivity index (χ0) is 29.7. The largest absolute Gasteiger partial charge is 0.467 e. The number of methoxy groups -OCH3 is 1. The summed E-state index contributed by atoms with van der Waals surface area (Å²) in [4.78, 5) is 29.1. The van der Waals surface area contributed by atoms with E-state index in [1.807, 2.05) is 50.9 Å². The van der Waals surface area contributed by atoms with Gasteiger partial charge in [0, 0.05) is 24.8 Å². The first-order chi connectivity index (χ1) is 18.9. The van der Waals surface area contributed by atoms with Gasteiger partial charge >= 0.3 is 5.97 Å². The van der Waals surface area contributed by atoms with Crippen LogP contribution in [0.4, 0.5) is 0 Å². The highest BCUT2D eigenvalue weighted by Crippen LogP contribution is 2.28. The predicted molar refractivity (Wildman–Crippen MR) is 173 cm³/mol. The number of hydrogen-bond donors (Lipinski definition) is 1. The van der Waals surface area contributed by atoms with Gasteiger partial charge in [0.25, 0.3) is 0 Å². The molecule has 4 heterocycles. The monoisotopic (exact) mass is 808 g/mol. The van der Waals surface area contributed by atoms with Crippen molar-refractivity contribution < 1.29 is 14.6 Å². The standard InChI is InChI=1S/C13H15IN4O2S.C12H15IN4OS/c1-13(2,11(19)20-3)18-7-8(10(14)17-18)9-5-6-15-12(16-9)21-4;1-12(2,7-18)17-6-8(10(13)16-17)9-4-5-14-11(15-9)19-3/h5-7H,1-4H3;4-6,18H,7H2,1-3H3. The average molecular weight is 809 g/mol. The molecule has 0 saturated heterocycles. The van der Waals surface area contributed by atoms with Crippen molar-refractivity contribution in [2.45, 2.75) is 49.1 Å². The Balaban J connectivity index is 0.000000222. The number of carbonyl (C=O) groups is 1. The minimum atomic E-state index is -0.873. The summed E-state index contributed by atoms with van der Waals surface area (Å²) in [7, 11) is 1.37. The molecule has 0 unspecified atom stereocenters. The van der Waals surface area contributed by atoms with Crippen LogP contribution in [0, 0.1) is 7.40 Å². The summed E-state index contributed by atoms with van der Waals surface area (Å²) in [5, 5.41) is 19.7. The summed E-state index contributed by atoms with van der Waals surface area (Å²) in [5.74, 6) is -0.347. The lowest BCUT2D eigenvalue weighted by Crippen LogP contribution is -2.37. The fourth-order valence-electron chi connectivity index (χ4n) is 3.24. The molecule has 11 nitrogen and oxygen atoms in total. The Labute approximate surface area is 269 Å². The number of aliphatic hydroxyl groups excluding tert-OH is 1. The molecule has 15 heteroatoms. The Kier molecular flexibility index (Phi) is 11.3. The molecule has 0 aliphatic rings. The number of esters is 1. The van der Waals surface area contributed by atoms with Crippen molar-refractivity contribution in [3.63, 3.8) is 0 Å². The van der Waals surface area contributed by atoms with Crippen LogP contribution in [0.15, 0.2) is 47.2 Å². The summed E-state index contributed by atoms with van der Waals surface area (Å²) < 4.78 is 9.86. The number of halogens is 2. The van der Waals surface area contributed by atoms with Gasteiger partial charge in [-0.05, 0) is 97.5 Å². The molecule has 4 rings (SSSR count). The minimum Gasteiger partial charge on any atom is -0.467 e. The van der Waals surface area contributed by atoms with Crippen LogP contribution in [0.2, 0.25) is 0 Å². The fraction of sp³-hybridized carbons (Fsp3) is 0.400. The van der Waals surface area contributed by atoms with Gasteiger partial charge in [0.15, 0.2) is 15.9 Å². The molecular formula is C25H30I2N8O3S2. The first-order valence-electron chi connectivity index (χ1n) is 11.8. The van der Waals surface area contributed by atoms with Crippen LogP contribution in [-0.2, 0) is 20.6 Å². The molecule has 0 fully saturated rings. The van der Waals surface area contributed by atoms with Crippen molar-refractivity contribution in [1.29, 1.82) is 0 Å². The molecule has 4 aromatic rings. The maximum absolute atomic E-state index is 11.9. The van der Waals surface area contributed by atoms with E-state index in [2.05, 4.69) is 75.3 Å². The number of rotatable bonds is 8. The molecule has 0 aliphatic carbocycles. The Morgan fingerprint density at radius 1 is 0.900 bits per heavy atom. The van der Waals surface area contributed by atoms with Gasteiger partial charge in [-0.2, -0.15) is 10.2 Å². The number of aliphatic hydroxyl groups is 1. The molecule has 4 aromatic heterocycles. The van der Waals surface area contributed by atoms with E-state index in [1.54, 1.807) is 35.6 Å². The SMILES string of the molecule is COC(=O)C(C)(C)n1cc(-c2ccnc(SC)n2)c(I)n1.CSc1nccc(-c2cn(C(C)(C)CO)nc2I)n1. The van der Waals surface area contributed by atoms with E-state index in [9.17, 15) is 9.90 Å². The zero-order valence-corrected chi connectivity index (χ0v) is 29.0. The van der Waals surface area contributed by atoms with Crippen molar-refractivity contribution in [2.24, 2.45) is 0 Å². The molecule has 0 aromatic carbocycles. The first-order valence-corrected chi connectivity index (χ1v) is 16.4. The van der Waals surface area contributed by atoms with Gasteiger partial charge in [0.2, 0.25) is 0 Å². The predicted octanol–water partition coefficient (Wildman–Crippen LogP) is 4.97. The number of nitrogens with zero attached hydrogens (tertiary/aromatic N) is 8. The lowest BCUT2D eigenvalue weighted by Gasteiger charge is -2.22. The van der Waals surface area contributed by atoms with Crippen LogP contribution in [0.1, 0.15) is 27.7 Å². The maximum Gasteiger partial charge on any atom is 0.333 e. The maximum atomic E-state index is 11.9. The molecular weight excluding hydrogens is 778 g/mol. The Hall–Kier alpha value is -1.83. The minimum absolute atomic E-state index is 0.0318. The normalized spacial score (nSPS) is 11.7. The van der Waals surface area contributed by atoms with E-state index in [1.165, 1.54) is 30.6 Å². The van der Waals surface area contributed by atoms with Crippen molar-refractivity contribution in [3.8, 4) is 22.5 Å². The van der Waals surface area contributed by atoms with Gasteiger partial charge in [-0.15, -0.1) is 0 Å². The summed E-state index contributed by atoms with van der Waals surface area (Å²) in [6.45, 7) is 7.43. The quantitative estimate of drug-likeness (QED) is 0.112. The molecule has 0 spiro atoms. The average Bonchev–Trinajstić information content (AvgIpc) is 3.56. The number of aromatic nitrogens is 8. The van der Waals surface area contributed by atoms with Gasteiger partial charge in [-0.3, -0.25) is 9.36 Å². The lowest BCUT2D eigenvalue weighted by molar-refractivity contribution is -0.150. The van der Waals surface area contributed by atoms with Crippen LogP contribution in [0.25, 0.3) is 22.5 Å². The lowest BCUT2D eigenvalue weighted by atomic mass is 10.1. The number of carbonyl (C=O) groups excluding carboxylic acids is 1. The number of thioether (sulfide) groups is 2. The van der Waals surface area contributed by atoms with Crippen LogP contribution in [0.5, 0.6) is 0 Å². The van der Waals surface area contributed by atoms with Gasteiger partial charge in [-0.1, -0.05) is 23.5 Å². The molecule has 0 amide bonds. The molecule has 214 valence electrons. The highest BCUT2D eigenvalue weighted by Gasteiger charge is 2.33. The summed E-state index contributed by atoms with van der Waals surface area (Å²) in [5.41, 5.74) is 2.16. The molecule has 0 saturated carbocycles. The molecule has 40 heavy (non-hydrogen) atoms. The Morgan fingerprint density at radius 3 is 1.77 bits per heavy atom. The van der Waals surface area contributed by atoms with E-state index in [0.29, 0.717) is 5.16 Å². The van der Waals surface area contributed by atoms with E-state index in [-0.39, 0.29) is 12.6 Å². The highest BCUT2D eigenvalue weighted by atomic mass is 127. The van der Waals surface area contributed by atoms with Crippen molar-refractivity contribution in [1.82, 2.24) is 39.5 Å². The second-order valence-electron chi connectivity index (χ2n) is 9.43. The topological polar surface area (TPSA) is 134 Å². The van der Waals surface area contributed by atoms with Gasteiger partial charge in [-0.25, -0.2) is 24.7 Å². The van der Waals surface area contributed by atoms with Gasteiger partial charge in [0.05, 0.1) is 41.8 Å². The van der Waals surface area contributed by atoms with Gasteiger partial charge in [0.1, 0.15) is 7.40 Å². The van der Waals surface area contributed by atoms with Crippen LogP contribution in [0.3, 0.4) is 0 Å². The fourth-order valence-corrected chi connectivity index (χ4v) is 5.25. The second kappa shape index (κ2) is 13.9. The van der Waals surface area contributed by atoms with Crippen LogP contribution in [-0.4, -0.2) is 76.8 Å². The third-order valence-corrected chi connectivity index (χ3v) is 8.50. The Bertz CT molecular complexity index is 1480. The van der Waals surface area contributed by atoms with Crippen LogP contribution >= 0.6 is 68.7 Å². The zero-order valence-electron chi connectivity index (χ0n) is 23.1. The van der Waals surface area contributed by atoms with Crippen molar-refractivity contribution in [3.05, 3.63) is 44.3 Å². The molecule has 1 N–H and O–H groups in total. The van der Waals surface area contributed by atoms with E-state index in [4.69, 9.17) is 4.74 Å².